The van der Waals surface area contributed by atoms with Crippen LogP contribution in [0.15, 0.2) is 28.5 Å². The van der Waals surface area contributed by atoms with Gasteiger partial charge in [0.25, 0.3) is 5.91 Å². The highest BCUT2D eigenvalue weighted by Crippen LogP contribution is 2.23. The van der Waals surface area contributed by atoms with Crippen LogP contribution in [0.4, 0.5) is 5.13 Å². The number of aryl methyl sites for hydroxylation is 1. The van der Waals surface area contributed by atoms with Crippen LogP contribution in [-0.4, -0.2) is 54.7 Å². The van der Waals surface area contributed by atoms with E-state index >= 15 is 0 Å². The standard InChI is InChI=1S/C22H32N4O3S2/c1-5-26(6-2)31(28,29)19-10-9-17(4)20(12-19)21(27)24-22-23-18(15-30-22)14-25-11-7-8-16(3)13-25/h9-10,12,15-16H,5-8,11,13-14H2,1-4H3,(H,23,24,27). The molecule has 1 atom stereocenters. The molecule has 1 aliphatic rings. The zero-order valence-corrected chi connectivity index (χ0v) is 20.4. The lowest BCUT2D eigenvalue weighted by Crippen LogP contribution is -2.33. The van der Waals surface area contributed by atoms with E-state index in [0.29, 0.717) is 29.7 Å². The number of hydrogen-bond donors (Lipinski definition) is 1. The van der Waals surface area contributed by atoms with Crippen molar-refractivity contribution >= 4 is 32.4 Å². The van der Waals surface area contributed by atoms with Gasteiger partial charge in [-0.3, -0.25) is 15.0 Å². The summed E-state index contributed by atoms with van der Waals surface area (Å²) in [6, 6.07) is 4.69. The normalized spacial score (nSPS) is 17.8. The zero-order chi connectivity index (χ0) is 22.6. The Morgan fingerprint density at radius 1 is 1.32 bits per heavy atom. The number of aromatic nitrogens is 1. The Balaban J connectivity index is 1.73. The van der Waals surface area contributed by atoms with E-state index in [2.05, 4.69) is 22.1 Å². The molecular weight excluding hydrogens is 432 g/mol. The Bertz CT molecular complexity index is 1020. The second kappa shape index (κ2) is 10.2. The van der Waals surface area contributed by atoms with E-state index in [1.807, 2.05) is 5.38 Å². The fourth-order valence-corrected chi connectivity index (χ4v) is 6.16. The first-order valence-electron chi connectivity index (χ1n) is 10.8. The molecule has 0 spiro atoms. The number of nitrogens with zero attached hydrogens (tertiary/aromatic N) is 3. The highest BCUT2D eigenvalue weighted by molar-refractivity contribution is 7.89. The van der Waals surface area contributed by atoms with Crippen molar-refractivity contribution in [3.05, 3.63) is 40.4 Å². The maximum absolute atomic E-state index is 12.9. The summed E-state index contributed by atoms with van der Waals surface area (Å²) in [5, 5.41) is 5.35. The highest BCUT2D eigenvalue weighted by atomic mass is 32.2. The predicted molar refractivity (Wildman–Crippen MR) is 125 cm³/mol. The van der Waals surface area contributed by atoms with Gasteiger partial charge in [-0.15, -0.1) is 11.3 Å². The largest absolute Gasteiger partial charge is 0.298 e. The van der Waals surface area contributed by atoms with Crippen molar-refractivity contribution in [2.75, 3.05) is 31.5 Å². The van der Waals surface area contributed by atoms with Crippen LogP contribution in [0.25, 0.3) is 0 Å². The molecule has 0 radical (unpaired) electrons. The number of benzene rings is 1. The minimum atomic E-state index is -3.63. The molecular formula is C22H32N4O3S2. The zero-order valence-electron chi connectivity index (χ0n) is 18.7. The van der Waals surface area contributed by atoms with E-state index in [1.165, 1.54) is 34.6 Å². The van der Waals surface area contributed by atoms with Gasteiger partial charge in [0.05, 0.1) is 10.6 Å². The van der Waals surface area contributed by atoms with Gasteiger partial charge in [0, 0.05) is 37.1 Å². The van der Waals surface area contributed by atoms with E-state index in [0.717, 1.165) is 30.9 Å². The molecule has 1 aromatic carbocycles. The Hall–Kier alpha value is -1.81. The van der Waals surface area contributed by atoms with Crippen LogP contribution in [-0.2, 0) is 16.6 Å². The van der Waals surface area contributed by atoms with Crippen molar-refractivity contribution < 1.29 is 13.2 Å². The average molecular weight is 465 g/mol. The van der Waals surface area contributed by atoms with Gasteiger partial charge in [-0.25, -0.2) is 13.4 Å². The lowest BCUT2D eigenvalue weighted by Gasteiger charge is -2.30. The predicted octanol–water partition coefficient (Wildman–Crippen LogP) is 3.97. The molecule has 1 unspecified atom stereocenters. The van der Waals surface area contributed by atoms with Crippen LogP contribution in [0.1, 0.15) is 55.2 Å². The Morgan fingerprint density at radius 2 is 2.06 bits per heavy atom. The Labute approximate surface area is 189 Å². The van der Waals surface area contributed by atoms with Crippen molar-refractivity contribution in [2.45, 2.75) is 52.0 Å². The van der Waals surface area contributed by atoms with E-state index in [4.69, 9.17) is 0 Å². The number of nitrogens with one attached hydrogen (secondary N) is 1. The molecule has 0 bridgehead atoms. The SMILES string of the molecule is CCN(CC)S(=O)(=O)c1ccc(C)c(C(=O)Nc2nc(CN3CCCC(C)C3)cs2)c1. The van der Waals surface area contributed by atoms with Crippen molar-refractivity contribution in [1.29, 1.82) is 0 Å². The number of carbonyl (C=O) groups is 1. The van der Waals surface area contributed by atoms with Crippen LogP contribution < -0.4 is 5.32 Å². The molecule has 1 saturated heterocycles. The minimum absolute atomic E-state index is 0.131. The van der Waals surface area contributed by atoms with Gasteiger partial charge < -0.3 is 0 Å². The summed E-state index contributed by atoms with van der Waals surface area (Å²) in [5.41, 5.74) is 2.01. The first-order valence-corrected chi connectivity index (χ1v) is 13.2. The summed E-state index contributed by atoms with van der Waals surface area (Å²) < 4.78 is 27.1. The van der Waals surface area contributed by atoms with Gasteiger partial charge >= 0.3 is 0 Å². The van der Waals surface area contributed by atoms with Crippen LogP contribution in [0.5, 0.6) is 0 Å². The lowest BCUT2D eigenvalue weighted by atomic mass is 10.0. The van der Waals surface area contributed by atoms with Crippen molar-refractivity contribution in [3.63, 3.8) is 0 Å². The van der Waals surface area contributed by atoms with Gasteiger partial charge in [-0.05, 0) is 49.9 Å². The van der Waals surface area contributed by atoms with Crippen molar-refractivity contribution in [1.82, 2.24) is 14.2 Å². The third-order valence-corrected chi connectivity index (χ3v) is 8.55. The minimum Gasteiger partial charge on any atom is -0.298 e. The first kappa shape index (κ1) is 23.8. The molecule has 31 heavy (non-hydrogen) atoms. The fourth-order valence-electron chi connectivity index (χ4n) is 3.98. The Morgan fingerprint density at radius 3 is 2.74 bits per heavy atom. The molecule has 0 aliphatic carbocycles. The van der Waals surface area contributed by atoms with Crippen LogP contribution in [0, 0.1) is 12.8 Å². The first-order chi connectivity index (χ1) is 14.7. The molecule has 1 fully saturated rings. The van der Waals surface area contributed by atoms with Crippen molar-refractivity contribution in [2.24, 2.45) is 5.92 Å². The second-order valence-corrected chi connectivity index (χ2v) is 10.9. The average Bonchev–Trinajstić information content (AvgIpc) is 3.15. The van der Waals surface area contributed by atoms with E-state index in [-0.39, 0.29) is 10.8 Å². The summed E-state index contributed by atoms with van der Waals surface area (Å²) >= 11 is 1.39. The van der Waals surface area contributed by atoms with Gasteiger partial charge in [-0.2, -0.15) is 4.31 Å². The summed E-state index contributed by atoms with van der Waals surface area (Å²) in [7, 11) is -3.63. The molecule has 170 valence electrons. The molecule has 3 rings (SSSR count). The molecule has 0 saturated carbocycles. The molecule has 1 N–H and O–H groups in total. The second-order valence-electron chi connectivity index (χ2n) is 8.15. The monoisotopic (exact) mass is 464 g/mol. The molecule has 1 amide bonds. The number of likely N-dealkylation sites (tertiary alicyclic amines) is 1. The number of thiazole rings is 1. The van der Waals surface area contributed by atoms with Crippen molar-refractivity contribution in [3.8, 4) is 0 Å². The molecule has 1 aliphatic heterocycles. The number of piperidine rings is 1. The maximum Gasteiger partial charge on any atom is 0.257 e. The van der Waals surface area contributed by atoms with Crippen LogP contribution in [0.2, 0.25) is 0 Å². The van der Waals surface area contributed by atoms with E-state index < -0.39 is 10.0 Å². The number of anilines is 1. The van der Waals surface area contributed by atoms with E-state index in [9.17, 15) is 13.2 Å². The number of amides is 1. The smallest absolute Gasteiger partial charge is 0.257 e. The fraction of sp³-hybridized carbons (Fsp3) is 0.545. The maximum atomic E-state index is 12.9. The summed E-state index contributed by atoms with van der Waals surface area (Å²) in [4.78, 5) is 20.0. The van der Waals surface area contributed by atoms with Crippen LogP contribution in [0.3, 0.4) is 0 Å². The molecule has 9 heteroatoms. The van der Waals surface area contributed by atoms with Crippen LogP contribution >= 0.6 is 11.3 Å². The third kappa shape index (κ3) is 5.71. The summed E-state index contributed by atoms with van der Waals surface area (Å²) in [6.07, 6.45) is 2.48. The molecule has 2 heterocycles. The molecule has 2 aromatic rings. The number of hydrogen-bond acceptors (Lipinski definition) is 6. The van der Waals surface area contributed by atoms with Gasteiger partial charge in [-0.1, -0.05) is 26.8 Å². The summed E-state index contributed by atoms with van der Waals surface area (Å²) in [5.74, 6) is 0.357. The topological polar surface area (TPSA) is 82.6 Å². The van der Waals surface area contributed by atoms with Gasteiger partial charge in [0.15, 0.2) is 5.13 Å². The number of rotatable bonds is 8. The Kier molecular flexibility index (Phi) is 7.85. The van der Waals surface area contributed by atoms with E-state index in [1.54, 1.807) is 32.9 Å². The molecule has 1 aromatic heterocycles. The lowest BCUT2D eigenvalue weighted by molar-refractivity contribution is 0.102. The quantitative estimate of drug-likeness (QED) is 0.639. The summed E-state index contributed by atoms with van der Waals surface area (Å²) in [6.45, 7) is 11.4. The highest BCUT2D eigenvalue weighted by Gasteiger charge is 2.24. The number of sulfonamides is 1. The molecule has 7 nitrogen and oxygen atoms in total. The van der Waals surface area contributed by atoms with Gasteiger partial charge in [0.1, 0.15) is 0 Å². The number of carbonyl (C=O) groups excluding carboxylic acids is 1. The third-order valence-electron chi connectivity index (χ3n) is 5.70. The van der Waals surface area contributed by atoms with Gasteiger partial charge in [0.2, 0.25) is 10.0 Å².